The van der Waals surface area contributed by atoms with E-state index in [-0.39, 0.29) is 0 Å². The summed E-state index contributed by atoms with van der Waals surface area (Å²) < 4.78 is 12.2. The predicted octanol–water partition coefficient (Wildman–Crippen LogP) is 3.74. The number of aromatic nitrogens is 2. The Hall–Kier alpha value is -1.46. The molecule has 4 rings (SSSR count). The number of rotatable bonds is 3. The lowest BCUT2D eigenvalue weighted by molar-refractivity contribution is 0.498. The Kier molecular flexibility index (Phi) is 4.78. The fourth-order valence-corrected chi connectivity index (χ4v) is 5.46. The number of hydrogen-bond donors (Lipinski definition) is 0. The maximum atomic E-state index is 12.2. The summed E-state index contributed by atoms with van der Waals surface area (Å²) >= 11 is 6.13. The molecule has 2 aromatic rings. The maximum Gasteiger partial charge on any atom is 0.225 e. The van der Waals surface area contributed by atoms with Crippen LogP contribution in [-0.2, 0) is 23.6 Å². The summed E-state index contributed by atoms with van der Waals surface area (Å²) in [6.07, 6.45) is 3.77. The number of nitrogens with zero attached hydrogens (tertiary/aromatic N) is 3. The zero-order valence-corrected chi connectivity index (χ0v) is 15.9. The van der Waals surface area contributed by atoms with Crippen molar-refractivity contribution in [3.8, 4) is 0 Å². The zero-order valence-electron chi connectivity index (χ0n) is 14.4. The Labute approximate surface area is 156 Å². The summed E-state index contributed by atoms with van der Waals surface area (Å²) in [6, 6.07) is 8.21. The van der Waals surface area contributed by atoms with Crippen LogP contribution in [0.3, 0.4) is 0 Å². The molecule has 132 valence electrons. The summed E-state index contributed by atoms with van der Waals surface area (Å²) in [7, 11) is -0.911. The van der Waals surface area contributed by atoms with Crippen molar-refractivity contribution < 1.29 is 4.21 Å². The SMILES string of the molecule is CCc1nc(N2CCC(c3cccc(Cl)c3)CC2)nc2c1S(=O)CC2. The van der Waals surface area contributed by atoms with Crippen molar-refractivity contribution >= 4 is 28.3 Å². The Morgan fingerprint density at radius 3 is 2.80 bits per heavy atom. The molecule has 0 bridgehead atoms. The molecule has 1 aromatic heterocycles. The van der Waals surface area contributed by atoms with E-state index < -0.39 is 10.8 Å². The van der Waals surface area contributed by atoms with Crippen molar-refractivity contribution in [2.75, 3.05) is 23.7 Å². The highest BCUT2D eigenvalue weighted by Gasteiger charge is 2.28. The number of benzene rings is 1. The molecular formula is C19H22ClN3OS. The van der Waals surface area contributed by atoms with Crippen LogP contribution in [0.25, 0.3) is 0 Å². The lowest BCUT2D eigenvalue weighted by atomic mass is 9.89. The van der Waals surface area contributed by atoms with Crippen LogP contribution in [-0.4, -0.2) is 33.0 Å². The van der Waals surface area contributed by atoms with E-state index >= 15 is 0 Å². The fraction of sp³-hybridized carbons (Fsp3) is 0.474. The molecule has 1 fully saturated rings. The van der Waals surface area contributed by atoms with Gasteiger partial charge in [-0.25, -0.2) is 9.97 Å². The third-order valence-electron chi connectivity index (χ3n) is 5.18. The molecule has 1 saturated heterocycles. The monoisotopic (exact) mass is 375 g/mol. The first kappa shape index (κ1) is 17.0. The van der Waals surface area contributed by atoms with Crippen LogP contribution in [0.1, 0.15) is 42.6 Å². The molecule has 0 saturated carbocycles. The lowest BCUT2D eigenvalue weighted by Crippen LogP contribution is -2.34. The summed E-state index contributed by atoms with van der Waals surface area (Å²) in [4.78, 5) is 12.7. The molecule has 0 spiro atoms. The number of piperidine rings is 1. The average molecular weight is 376 g/mol. The second kappa shape index (κ2) is 7.04. The number of fused-ring (bicyclic) bond motifs is 1. The Bertz CT molecular complexity index is 818. The van der Waals surface area contributed by atoms with E-state index in [9.17, 15) is 4.21 Å². The van der Waals surface area contributed by atoms with Gasteiger partial charge >= 0.3 is 0 Å². The van der Waals surface area contributed by atoms with Gasteiger partial charge in [0.2, 0.25) is 5.95 Å². The van der Waals surface area contributed by atoms with E-state index in [1.165, 1.54) is 5.56 Å². The Balaban J connectivity index is 1.52. The molecule has 0 amide bonds. The van der Waals surface area contributed by atoms with Gasteiger partial charge in [0.25, 0.3) is 0 Å². The van der Waals surface area contributed by atoms with Crippen molar-refractivity contribution in [1.82, 2.24) is 9.97 Å². The second-order valence-electron chi connectivity index (χ2n) is 6.72. The Morgan fingerprint density at radius 2 is 2.08 bits per heavy atom. The Morgan fingerprint density at radius 1 is 1.28 bits per heavy atom. The van der Waals surface area contributed by atoms with Gasteiger partial charge in [0.1, 0.15) is 0 Å². The van der Waals surface area contributed by atoms with Gasteiger partial charge in [-0.1, -0.05) is 30.7 Å². The van der Waals surface area contributed by atoms with Crippen LogP contribution in [0.15, 0.2) is 29.2 Å². The minimum absolute atomic E-state index is 0.544. The van der Waals surface area contributed by atoms with Gasteiger partial charge in [-0.3, -0.25) is 4.21 Å². The third-order valence-corrected chi connectivity index (χ3v) is 6.92. The standard InChI is InChI=1S/C19H22ClN3OS/c1-2-16-18-17(8-11-25(18)24)22-19(21-16)23-9-6-13(7-10-23)14-4-3-5-15(20)12-14/h3-5,12-13H,2,6-11H2,1H3. The number of anilines is 1. The van der Waals surface area contributed by atoms with Crippen molar-refractivity contribution in [3.63, 3.8) is 0 Å². The molecule has 1 atom stereocenters. The summed E-state index contributed by atoms with van der Waals surface area (Å²) in [5, 5.41) is 0.808. The van der Waals surface area contributed by atoms with E-state index in [1.54, 1.807) is 0 Å². The average Bonchev–Trinajstić information content (AvgIpc) is 3.02. The van der Waals surface area contributed by atoms with Crippen molar-refractivity contribution in [2.24, 2.45) is 0 Å². The van der Waals surface area contributed by atoms with Crippen LogP contribution in [0, 0.1) is 0 Å². The highest BCUT2D eigenvalue weighted by atomic mass is 35.5. The van der Waals surface area contributed by atoms with Gasteiger partial charge < -0.3 is 4.90 Å². The van der Waals surface area contributed by atoms with Crippen molar-refractivity contribution in [1.29, 1.82) is 0 Å². The minimum atomic E-state index is -0.911. The molecule has 4 nitrogen and oxygen atoms in total. The van der Waals surface area contributed by atoms with Crippen LogP contribution >= 0.6 is 11.6 Å². The van der Waals surface area contributed by atoms with E-state index in [0.29, 0.717) is 11.7 Å². The zero-order chi connectivity index (χ0) is 17.4. The van der Waals surface area contributed by atoms with E-state index in [4.69, 9.17) is 21.6 Å². The maximum absolute atomic E-state index is 12.2. The first-order valence-electron chi connectivity index (χ1n) is 8.94. The molecule has 3 heterocycles. The lowest BCUT2D eigenvalue weighted by Gasteiger charge is -2.32. The molecular weight excluding hydrogens is 354 g/mol. The van der Waals surface area contributed by atoms with Gasteiger partial charge in [-0.2, -0.15) is 0 Å². The fourth-order valence-electron chi connectivity index (χ4n) is 3.81. The highest BCUT2D eigenvalue weighted by Crippen LogP contribution is 2.32. The predicted molar refractivity (Wildman–Crippen MR) is 102 cm³/mol. The van der Waals surface area contributed by atoms with Gasteiger partial charge in [0, 0.05) is 30.3 Å². The molecule has 25 heavy (non-hydrogen) atoms. The van der Waals surface area contributed by atoms with Crippen molar-refractivity contribution in [2.45, 2.75) is 43.4 Å². The van der Waals surface area contributed by atoms with Crippen LogP contribution in [0.4, 0.5) is 5.95 Å². The molecule has 1 unspecified atom stereocenters. The van der Waals surface area contributed by atoms with E-state index in [0.717, 1.165) is 66.0 Å². The summed E-state index contributed by atoms with van der Waals surface area (Å²) in [5.41, 5.74) is 3.29. The number of halogens is 1. The minimum Gasteiger partial charge on any atom is -0.341 e. The van der Waals surface area contributed by atoms with E-state index in [2.05, 4.69) is 24.0 Å². The summed E-state index contributed by atoms with van der Waals surface area (Å²) in [5.74, 6) is 2.05. The third kappa shape index (κ3) is 3.32. The van der Waals surface area contributed by atoms with Gasteiger partial charge in [0.05, 0.1) is 27.1 Å². The van der Waals surface area contributed by atoms with Gasteiger partial charge in [-0.15, -0.1) is 0 Å². The van der Waals surface area contributed by atoms with Crippen molar-refractivity contribution in [3.05, 3.63) is 46.2 Å². The topological polar surface area (TPSA) is 46.1 Å². The molecule has 1 aromatic carbocycles. The molecule has 0 aliphatic carbocycles. The van der Waals surface area contributed by atoms with Gasteiger partial charge in [-0.05, 0) is 42.9 Å². The quantitative estimate of drug-likeness (QED) is 0.819. The second-order valence-corrected chi connectivity index (χ2v) is 8.66. The number of hydrogen-bond acceptors (Lipinski definition) is 4. The molecule has 2 aliphatic rings. The molecule has 6 heteroatoms. The first-order valence-corrected chi connectivity index (χ1v) is 10.6. The highest BCUT2D eigenvalue weighted by molar-refractivity contribution is 7.85. The van der Waals surface area contributed by atoms with Gasteiger partial charge in [0.15, 0.2) is 0 Å². The smallest absolute Gasteiger partial charge is 0.225 e. The molecule has 0 radical (unpaired) electrons. The van der Waals surface area contributed by atoms with Crippen LogP contribution in [0.5, 0.6) is 0 Å². The van der Waals surface area contributed by atoms with E-state index in [1.807, 2.05) is 12.1 Å². The van der Waals surface area contributed by atoms with Crippen LogP contribution in [0.2, 0.25) is 5.02 Å². The number of aryl methyl sites for hydroxylation is 2. The summed E-state index contributed by atoms with van der Waals surface area (Å²) in [6.45, 7) is 3.97. The molecule has 0 N–H and O–H groups in total. The molecule has 2 aliphatic heterocycles. The largest absolute Gasteiger partial charge is 0.341 e. The first-order chi connectivity index (χ1) is 12.2. The van der Waals surface area contributed by atoms with Crippen LogP contribution < -0.4 is 4.90 Å². The normalized spacial score (nSPS) is 20.7.